The number of aliphatic hydroxyl groups is 1. The van der Waals surface area contributed by atoms with Crippen molar-refractivity contribution in [3.05, 3.63) is 83.0 Å². The summed E-state index contributed by atoms with van der Waals surface area (Å²) in [6.45, 7) is 2.13. The van der Waals surface area contributed by atoms with Gasteiger partial charge in [0.15, 0.2) is 0 Å². The molecule has 0 aliphatic heterocycles. The van der Waals surface area contributed by atoms with Gasteiger partial charge >= 0.3 is 0 Å². The van der Waals surface area contributed by atoms with Crippen LogP contribution in [-0.2, 0) is 12.0 Å². The lowest BCUT2D eigenvalue weighted by atomic mass is 9.92. The van der Waals surface area contributed by atoms with E-state index in [1.54, 1.807) is 11.3 Å². The Kier molecular flexibility index (Phi) is 3.85. The zero-order valence-electron chi connectivity index (χ0n) is 15.1. The van der Waals surface area contributed by atoms with Gasteiger partial charge in [-0.2, -0.15) is 0 Å². The fourth-order valence-corrected chi connectivity index (χ4v) is 4.87. The van der Waals surface area contributed by atoms with E-state index in [-0.39, 0.29) is 12.0 Å². The highest BCUT2D eigenvalue weighted by atomic mass is 32.1. The number of aliphatic hydroxyl groups excluding tert-OH is 1. The lowest BCUT2D eigenvalue weighted by Crippen LogP contribution is -2.10. The van der Waals surface area contributed by atoms with Crippen LogP contribution in [0.25, 0.3) is 20.9 Å². The second-order valence-electron chi connectivity index (χ2n) is 7.30. The first-order valence-corrected chi connectivity index (χ1v) is 10.1. The molecule has 5 rings (SSSR count). The van der Waals surface area contributed by atoms with Gasteiger partial charge in [0.2, 0.25) is 0 Å². The molecule has 4 heteroatoms. The van der Waals surface area contributed by atoms with E-state index >= 15 is 0 Å². The van der Waals surface area contributed by atoms with Gasteiger partial charge in [0, 0.05) is 11.0 Å². The van der Waals surface area contributed by atoms with E-state index in [4.69, 9.17) is 9.97 Å². The molecule has 1 aliphatic carbocycles. The molecule has 2 aromatic heterocycles. The average molecular weight is 372 g/mol. The van der Waals surface area contributed by atoms with Gasteiger partial charge in [-0.3, -0.25) is 0 Å². The summed E-state index contributed by atoms with van der Waals surface area (Å²) >= 11 is 1.65. The maximum Gasteiger partial charge on any atom is 0.144 e. The fourth-order valence-electron chi connectivity index (χ4n) is 3.84. The lowest BCUT2D eigenvalue weighted by molar-refractivity contribution is 0.282. The summed E-state index contributed by atoms with van der Waals surface area (Å²) in [5.41, 5.74) is 6.72. The first-order valence-electron chi connectivity index (χ1n) is 9.24. The van der Waals surface area contributed by atoms with E-state index in [1.807, 2.05) is 18.2 Å². The number of fused-ring (bicyclic) bond motifs is 1. The smallest absolute Gasteiger partial charge is 0.144 e. The van der Waals surface area contributed by atoms with E-state index in [0.29, 0.717) is 0 Å². The third kappa shape index (κ3) is 2.76. The zero-order chi connectivity index (χ0) is 18.4. The van der Waals surface area contributed by atoms with Crippen LogP contribution in [-0.4, -0.2) is 15.1 Å². The molecular formula is C23H20N2OS. The Hall–Kier alpha value is -2.56. The summed E-state index contributed by atoms with van der Waals surface area (Å²) in [6.07, 6.45) is 2.31. The molecule has 0 bridgehead atoms. The minimum atomic E-state index is 0.0629. The van der Waals surface area contributed by atoms with E-state index in [2.05, 4.69) is 49.4 Å². The van der Waals surface area contributed by atoms with Crippen molar-refractivity contribution in [2.45, 2.75) is 31.8 Å². The summed E-state index contributed by atoms with van der Waals surface area (Å²) in [6, 6.07) is 21.0. The van der Waals surface area contributed by atoms with Crippen LogP contribution in [0.3, 0.4) is 0 Å². The van der Waals surface area contributed by atoms with E-state index in [1.165, 1.54) is 5.56 Å². The normalized spacial score (nSPS) is 15.2. The van der Waals surface area contributed by atoms with Crippen molar-refractivity contribution in [1.82, 2.24) is 9.97 Å². The number of pyridine rings is 1. The van der Waals surface area contributed by atoms with E-state index in [9.17, 15) is 5.11 Å². The molecule has 0 saturated heterocycles. The van der Waals surface area contributed by atoms with Gasteiger partial charge in [0.25, 0.3) is 0 Å². The first-order chi connectivity index (χ1) is 13.2. The van der Waals surface area contributed by atoms with Gasteiger partial charge < -0.3 is 5.11 Å². The maximum absolute atomic E-state index is 9.32. The topological polar surface area (TPSA) is 46.0 Å². The van der Waals surface area contributed by atoms with Gasteiger partial charge in [-0.25, -0.2) is 9.97 Å². The molecule has 27 heavy (non-hydrogen) atoms. The Balaban J connectivity index is 1.56. The van der Waals surface area contributed by atoms with Crippen LogP contribution < -0.4 is 0 Å². The monoisotopic (exact) mass is 372 g/mol. The Morgan fingerprint density at radius 3 is 2.52 bits per heavy atom. The third-order valence-corrected chi connectivity index (χ3v) is 6.52. The molecule has 0 radical (unpaired) electrons. The first kappa shape index (κ1) is 16.6. The standard InChI is InChI=1S/C23H20N2OS/c1-15-13-16(14-26)7-8-18(15)21-24-19-9-10-20(25-22(19)27-21)23(11-12-23)17-5-3-2-4-6-17/h2-10,13,26H,11-12,14H2,1H3. The van der Waals surface area contributed by atoms with Crippen molar-refractivity contribution in [2.75, 3.05) is 0 Å². The van der Waals surface area contributed by atoms with Gasteiger partial charge in [-0.1, -0.05) is 59.9 Å². The molecule has 2 heterocycles. The van der Waals surface area contributed by atoms with Crippen molar-refractivity contribution >= 4 is 21.7 Å². The highest BCUT2D eigenvalue weighted by Gasteiger charge is 2.47. The van der Waals surface area contributed by atoms with Gasteiger partial charge in [-0.15, -0.1) is 0 Å². The number of aryl methyl sites for hydroxylation is 1. The van der Waals surface area contributed by atoms with Crippen molar-refractivity contribution in [3.8, 4) is 10.6 Å². The molecule has 0 spiro atoms. The van der Waals surface area contributed by atoms with Crippen LogP contribution in [0.1, 0.15) is 35.2 Å². The third-order valence-electron chi connectivity index (χ3n) is 5.53. The maximum atomic E-state index is 9.32. The Bertz CT molecular complexity index is 1130. The average Bonchev–Trinajstić information content (AvgIpc) is 3.41. The Morgan fingerprint density at radius 2 is 1.81 bits per heavy atom. The number of nitrogens with zero attached hydrogens (tertiary/aromatic N) is 2. The number of thiazole rings is 1. The molecular weight excluding hydrogens is 352 g/mol. The number of hydrogen-bond acceptors (Lipinski definition) is 4. The van der Waals surface area contributed by atoms with Crippen LogP contribution in [0.2, 0.25) is 0 Å². The largest absolute Gasteiger partial charge is 0.392 e. The summed E-state index contributed by atoms with van der Waals surface area (Å²) in [4.78, 5) is 10.8. The summed E-state index contributed by atoms with van der Waals surface area (Å²) in [7, 11) is 0. The molecule has 134 valence electrons. The minimum absolute atomic E-state index is 0.0629. The Morgan fingerprint density at radius 1 is 1.00 bits per heavy atom. The molecule has 4 aromatic rings. The predicted octanol–water partition coefficient (Wildman–Crippen LogP) is 5.24. The van der Waals surface area contributed by atoms with Crippen molar-refractivity contribution in [3.63, 3.8) is 0 Å². The zero-order valence-corrected chi connectivity index (χ0v) is 16.0. The molecule has 1 fully saturated rings. The fraction of sp³-hybridized carbons (Fsp3) is 0.217. The van der Waals surface area contributed by atoms with Crippen molar-refractivity contribution < 1.29 is 5.11 Å². The van der Waals surface area contributed by atoms with Crippen LogP contribution in [0.15, 0.2) is 60.7 Å². The van der Waals surface area contributed by atoms with Crippen LogP contribution >= 0.6 is 11.3 Å². The second kappa shape index (κ2) is 6.25. The highest BCUT2D eigenvalue weighted by molar-refractivity contribution is 7.21. The van der Waals surface area contributed by atoms with Crippen molar-refractivity contribution in [1.29, 1.82) is 0 Å². The molecule has 0 atom stereocenters. The molecule has 1 saturated carbocycles. The Labute approximate surface area is 162 Å². The summed E-state index contributed by atoms with van der Waals surface area (Å²) in [5, 5.41) is 10.3. The van der Waals surface area contributed by atoms with Crippen LogP contribution in [0, 0.1) is 6.92 Å². The molecule has 2 aromatic carbocycles. The van der Waals surface area contributed by atoms with Crippen LogP contribution in [0.4, 0.5) is 0 Å². The molecule has 0 unspecified atom stereocenters. The minimum Gasteiger partial charge on any atom is -0.392 e. The highest BCUT2D eigenvalue weighted by Crippen LogP contribution is 2.53. The summed E-state index contributed by atoms with van der Waals surface area (Å²) in [5.74, 6) is 0. The van der Waals surface area contributed by atoms with E-state index < -0.39 is 0 Å². The molecule has 3 nitrogen and oxygen atoms in total. The number of hydrogen-bond donors (Lipinski definition) is 1. The van der Waals surface area contributed by atoms with Gasteiger partial charge in [0.1, 0.15) is 15.4 Å². The number of benzene rings is 2. The molecule has 0 amide bonds. The lowest BCUT2D eigenvalue weighted by Gasteiger charge is -2.14. The van der Waals surface area contributed by atoms with Crippen molar-refractivity contribution in [2.24, 2.45) is 0 Å². The number of rotatable bonds is 4. The SMILES string of the molecule is Cc1cc(CO)ccc1-c1nc2ccc(C3(c4ccccc4)CC3)nc2s1. The molecule has 1 aliphatic rings. The predicted molar refractivity (Wildman–Crippen MR) is 110 cm³/mol. The second-order valence-corrected chi connectivity index (χ2v) is 8.27. The van der Waals surface area contributed by atoms with Gasteiger partial charge in [0.05, 0.1) is 12.3 Å². The van der Waals surface area contributed by atoms with Gasteiger partial charge in [-0.05, 0) is 48.6 Å². The quantitative estimate of drug-likeness (QED) is 0.533. The summed E-state index contributed by atoms with van der Waals surface area (Å²) < 4.78 is 0. The number of aromatic nitrogens is 2. The molecule has 1 N–H and O–H groups in total. The van der Waals surface area contributed by atoms with E-state index in [0.717, 1.165) is 50.6 Å². The van der Waals surface area contributed by atoms with Crippen LogP contribution in [0.5, 0.6) is 0 Å².